The quantitative estimate of drug-likeness (QED) is 0.355. The Bertz CT molecular complexity index is 1300. The predicted octanol–water partition coefficient (Wildman–Crippen LogP) is 4.75. The summed E-state index contributed by atoms with van der Waals surface area (Å²) in [5.74, 6) is 2.07. The first-order valence-electron chi connectivity index (χ1n) is 13.7. The molecule has 0 radical (unpaired) electrons. The van der Waals surface area contributed by atoms with E-state index in [0.717, 1.165) is 47.5 Å². The van der Waals surface area contributed by atoms with Crippen LogP contribution in [0.5, 0.6) is 5.75 Å². The van der Waals surface area contributed by atoms with E-state index in [1.165, 1.54) is 0 Å². The zero-order valence-electron chi connectivity index (χ0n) is 23.8. The summed E-state index contributed by atoms with van der Waals surface area (Å²) in [7, 11) is 1.77. The van der Waals surface area contributed by atoms with Crippen molar-refractivity contribution in [3.63, 3.8) is 0 Å². The van der Waals surface area contributed by atoms with Gasteiger partial charge >= 0.3 is 6.09 Å². The number of likely N-dealkylation sites (tertiary alicyclic amines) is 1. The molecule has 1 aliphatic rings. The van der Waals surface area contributed by atoms with E-state index in [1.54, 1.807) is 30.1 Å². The fraction of sp³-hybridized carbons (Fsp3) is 0.517. The summed E-state index contributed by atoms with van der Waals surface area (Å²) >= 11 is 6.66. The molecule has 3 aromatic rings. The normalized spacial score (nSPS) is 14.8. The maximum absolute atomic E-state index is 12.2. The maximum atomic E-state index is 12.2. The zero-order valence-corrected chi connectivity index (χ0v) is 24.5. The van der Waals surface area contributed by atoms with Crippen LogP contribution in [0, 0.1) is 26.7 Å². The van der Waals surface area contributed by atoms with Crippen molar-refractivity contribution in [1.82, 2.24) is 25.3 Å². The van der Waals surface area contributed by atoms with Crippen LogP contribution >= 0.6 is 11.6 Å². The van der Waals surface area contributed by atoms with Crippen LogP contribution < -0.4 is 10.1 Å². The molecule has 0 unspecified atom stereocenters. The van der Waals surface area contributed by atoms with E-state index in [4.69, 9.17) is 35.6 Å². The molecule has 0 aliphatic carbocycles. The van der Waals surface area contributed by atoms with Gasteiger partial charge in [0.25, 0.3) is 0 Å². The van der Waals surface area contributed by atoms with Crippen LogP contribution in [0.2, 0.25) is 5.02 Å². The van der Waals surface area contributed by atoms with Crippen LogP contribution in [0.15, 0.2) is 22.7 Å². The summed E-state index contributed by atoms with van der Waals surface area (Å²) in [4.78, 5) is 23.9. The third-order valence-electron chi connectivity index (χ3n) is 7.20. The molecule has 1 aromatic carbocycles. The number of nitrogens with zero attached hydrogens (tertiary/aromatic N) is 4. The highest BCUT2D eigenvalue weighted by atomic mass is 35.5. The summed E-state index contributed by atoms with van der Waals surface area (Å²) in [6, 6.07) is 5.32. The molecule has 2 N–H and O–H groups in total. The van der Waals surface area contributed by atoms with Gasteiger partial charge in [-0.1, -0.05) is 16.8 Å². The van der Waals surface area contributed by atoms with Gasteiger partial charge in [0.1, 0.15) is 24.2 Å². The Kier molecular flexibility index (Phi) is 9.99. The van der Waals surface area contributed by atoms with Gasteiger partial charge in [0.2, 0.25) is 0 Å². The number of aliphatic hydroxyl groups excluding tert-OH is 1. The second kappa shape index (κ2) is 13.4. The number of amides is 1. The third-order valence-corrected chi connectivity index (χ3v) is 7.53. The topological polar surface area (TPSA) is 123 Å². The number of nitrogens with one attached hydrogen (secondary N) is 1. The zero-order chi connectivity index (χ0) is 28.8. The highest BCUT2D eigenvalue weighted by Crippen LogP contribution is 2.36. The molecule has 0 spiro atoms. The molecule has 1 saturated heterocycles. The van der Waals surface area contributed by atoms with E-state index in [1.807, 2.05) is 27.7 Å². The van der Waals surface area contributed by atoms with Gasteiger partial charge in [0, 0.05) is 30.9 Å². The van der Waals surface area contributed by atoms with Gasteiger partial charge in [-0.3, -0.25) is 0 Å². The van der Waals surface area contributed by atoms with Crippen LogP contribution in [0.3, 0.4) is 0 Å². The Morgan fingerprint density at radius 3 is 2.65 bits per heavy atom. The second-order valence-corrected chi connectivity index (χ2v) is 10.6. The number of ether oxygens (including phenoxy) is 2. The minimum atomic E-state index is -0.646. The van der Waals surface area contributed by atoms with E-state index in [-0.39, 0.29) is 12.7 Å². The van der Waals surface area contributed by atoms with Gasteiger partial charge in [0.05, 0.1) is 28.6 Å². The first kappa shape index (κ1) is 29.8. The number of halogens is 1. The molecular formula is C29H38ClN5O5. The minimum Gasteiger partial charge on any atom is -0.491 e. The summed E-state index contributed by atoms with van der Waals surface area (Å²) in [6.45, 7) is 9.85. The van der Waals surface area contributed by atoms with E-state index in [0.29, 0.717) is 60.1 Å². The summed E-state index contributed by atoms with van der Waals surface area (Å²) in [5, 5.41) is 17.6. The molecule has 216 valence electrons. The lowest BCUT2D eigenvalue weighted by molar-refractivity contribution is 0.0917. The monoisotopic (exact) mass is 571 g/mol. The van der Waals surface area contributed by atoms with Crippen molar-refractivity contribution in [3.8, 4) is 28.4 Å². The summed E-state index contributed by atoms with van der Waals surface area (Å²) < 4.78 is 16.5. The van der Waals surface area contributed by atoms with Crippen LogP contribution in [-0.4, -0.2) is 77.2 Å². The van der Waals surface area contributed by atoms with Crippen molar-refractivity contribution in [2.24, 2.45) is 5.92 Å². The first-order valence-corrected chi connectivity index (χ1v) is 14.1. The smallest absolute Gasteiger partial charge is 0.409 e. The minimum absolute atomic E-state index is 0.136. The SMILES string of the molecule is CCOC(=O)N1CCC(Cc2nc(-c3cc(OC[C@H](O)CNC)ccc3Cl)nc(-c3c(C)noc3C)c2C)CC1. The van der Waals surface area contributed by atoms with Crippen molar-refractivity contribution in [1.29, 1.82) is 0 Å². The fourth-order valence-corrected chi connectivity index (χ4v) is 5.21. The largest absolute Gasteiger partial charge is 0.491 e. The molecule has 1 fully saturated rings. The molecule has 4 rings (SSSR count). The fourth-order valence-electron chi connectivity index (χ4n) is 5.01. The summed E-state index contributed by atoms with van der Waals surface area (Å²) in [6.07, 6.45) is 1.55. The van der Waals surface area contributed by atoms with Gasteiger partial charge in [-0.25, -0.2) is 14.8 Å². The van der Waals surface area contributed by atoms with Crippen molar-refractivity contribution < 1.29 is 23.9 Å². The average molecular weight is 572 g/mol. The van der Waals surface area contributed by atoms with Gasteiger partial charge in [0.15, 0.2) is 5.82 Å². The van der Waals surface area contributed by atoms with Crippen molar-refractivity contribution in [2.45, 2.75) is 53.1 Å². The predicted molar refractivity (Wildman–Crippen MR) is 153 cm³/mol. The molecule has 0 bridgehead atoms. The Labute approximate surface area is 240 Å². The van der Waals surface area contributed by atoms with E-state index in [9.17, 15) is 9.90 Å². The maximum Gasteiger partial charge on any atom is 0.409 e. The number of carbonyl (C=O) groups is 1. The van der Waals surface area contributed by atoms with Gasteiger partial charge in [-0.2, -0.15) is 0 Å². The number of carbonyl (C=O) groups excluding carboxylic acids is 1. The lowest BCUT2D eigenvalue weighted by Gasteiger charge is -2.31. The number of benzene rings is 1. The standard InChI is InChI=1S/C29H38ClN5O5/c1-6-38-29(37)35-11-9-20(10-12-35)13-25-17(2)27(26-18(3)34-40-19(26)4)33-28(32-25)23-14-22(7-8-24(23)30)39-16-21(36)15-31-5/h7-8,14,20-21,31,36H,6,9-13,15-16H2,1-5H3/t21-/m1/s1. The molecule has 1 atom stereocenters. The van der Waals surface area contributed by atoms with Crippen LogP contribution in [-0.2, 0) is 11.2 Å². The van der Waals surface area contributed by atoms with Crippen LogP contribution in [0.1, 0.15) is 42.5 Å². The second-order valence-electron chi connectivity index (χ2n) is 10.2. The molecule has 2 aromatic heterocycles. The number of piperidine rings is 1. The molecule has 0 saturated carbocycles. The first-order chi connectivity index (χ1) is 19.2. The highest BCUT2D eigenvalue weighted by Gasteiger charge is 2.27. The molecule has 1 aliphatic heterocycles. The number of hydrogen-bond acceptors (Lipinski definition) is 9. The van der Waals surface area contributed by atoms with Gasteiger partial charge < -0.3 is 29.3 Å². The number of hydrogen-bond donors (Lipinski definition) is 2. The summed E-state index contributed by atoms with van der Waals surface area (Å²) in [5.41, 5.74) is 4.87. The Balaban J connectivity index is 1.67. The number of aromatic nitrogens is 3. The van der Waals surface area contributed by atoms with Crippen LogP contribution in [0.25, 0.3) is 22.6 Å². The van der Waals surface area contributed by atoms with Gasteiger partial charge in [-0.05, 0) is 83.7 Å². The van der Waals surface area contributed by atoms with Crippen molar-refractivity contribution in [2.75, 3.05) is 39.9 Å². The molecule has 3 heterocycles. The van der Waals surface area contributed by atoms with Crippen molar-refractivity contribution in [3.05, 3.63) is 45.9 Å². The molecule has 11 heteroatoms. The molecule has 40 heavy (non-hydrogen) atoms. The third kappa shape index (κ3) is 6.92. The Morgan fingerprint density at radius 2 is 2.00 bits per heavy atom. The lowest BCUT2D eigenvalue weighted by atomic mass is 9.90. The van der Waals surface area contributed by atoms with Crippen molar-refractivity contribution >= 4 is 17.7 Å². The van der Waals surface area contributed by atoms with E-state index >= 15 is 0 Å². The molecule has 10 nitrogen and oxygen atoms in total. The average Bonchev–Trinajstić information content (AvgIpc) is 3.27. The van der Waals surface area contributed by atoms with E-state index in [2.05, 4.69) is 10.5 Å². The molecule has 1 amide bonds. The number of aryl methyl sites for hydroxylation is 2. The number of likely N-dealkylation sites (N-methyl/N-ethyl adjacent to an activating group) is 1. The van der Waals surface area contributed by atoms with E-state index < -0.39 is 6.10 Å². The number of aliphatic hydroxyl groups is 1. The molecular weight excluding hydrogens is 534 g/mol. The Hall–Kier alpha value is -3.21. The number of rotatable bonds is 10. The van der Waals surface area contributed by atoms with Gasteiger partial charge in [-0.15, -0.1) is 0 Å². The Morgan fingerprint density at radius 1 is 1.25 bits per heavy atom. The lowest BCUT2D eigenvalue weighted by Crippen LogP contribution is -2.39. The highest BCUT2D eigenvalue weighted by molar-refractivity contribution is 6.33. The van der Waals surface area contributed by atoms with Crippen LogP contribution in [0.4, 0.5) is 4.79 Å².